The van der Waals surface area contributed by atoms with Crippen molar-refractivity contribution in [2.75, 3.05) is 6.61 Å². The number of aliphatic hydroxyl groups excluding tert-OH is 8. The molecular weight excluding hydrogens is 399 g/mol. The number of rotatable bonds is 3. The van der Waals surface area contributed by atoms with Crippen molar-refractivity contribution in [1.82, 2.24) is 0 Å². The molecular formula is C12H21O14P. The van der Waals surface area contributed by atoms with Gasteiger partial charge in [-0.1, -0.05) is 4.57 Å². The van der Waals surface area contributed by atoms with Crippen LogP contribution in [-0.2, 0) is 9.30 Å². The molecule has 1 aliphatic carbocycles. The van der Waals surface area contributed by atoms with Crippen molar-refractivity contribution in [1.29, 1.82) is 0 Å². The first-order valence-corrected chi connectivity index (χ1v) is 8.77. The van der Waals surface area contributed by atoms with E-state index in [-0.39, 0.29) is 0 Å². The van der Waals surface area contributed by atoms with Gasteiger partial charge in [-0.2, -0.15) is 0 Å². The molecule has 0 amide bonds. The lowest BCUT2D eigenvalue weighted by atomic mass is 9.66. The highest BCUT2D eigenvalue weighted by atomic mass is 31.1. The van der Waals surface area contributed by atoms with Crippen LogP contribution in [0.2, 0.25) is 0 Å². The van der Waals surface area contributed by atoms with Gasteiger partial charge in [0.25, 0.3) is 0 Å². The second-order valence-corrected chi connectivity index (χ2v) is 7.78. The van der Waals surface area contributed by atoms with E-state index in [4.69, 9.17) is 4.74 Å². The van der Waals surface area contributed by atoms with Crippen LogP contribution in [-0.4, -0.2) is 128 Å². The van der Waals surface area contributed by atoms with Crippen molar-refractivity contribution >= 4 is 8.03 Å². The van der Waals surface area contributed by atoms with E-state index in [1.165, 1.54) is 0 Å². The molecule has 0 spiro atoms. The Labute approximate surface area is 151 Å². The zero-order valence-corrected chi connectivity index (χ0v) is 14.3. The SMILES string of the molecule is O=[P+]([O-])[C@]1(O)[C@H](O)[C@H](O)[C@@H](O)[C@H](O)[C@@]1(O)[C@@]1(O)O[C@H](CO)[C@@H](O)[C@H](O)[C@@H]1O. The summed E-state index contributed by atoms with van der Waals surface area (Å²) in [6.45, 7) is -1.16. The topological polar surface area (TPSA) is 272 Å². The third kappa shape index (κ3) is 2.70. The van der Waals surface area contributed by atoms with Crippen LogP contribution < -0.4 is 4.89 Å². The number of aliphatic hydroxyl groups is 11. The molecule has 0 radical (unpaired) electrons. The molecule has 27 heavy (non-hydrogen) atoms. The maximum Gasteiger partial charge on any atom is 0.351 e. The van der Waals surface area contributed by atoms with Gasteiger partial charge in [0.1, 0.15) is 42.7 Å². The van der Waals surface area contributed by atoms with Crippen LogP contribution in [0.15, 0.2) is 0 Å². The van der Waals surface area contributed by atoms with Crippen LogP contribution in [0.3, 0.4) is 0 Å². The largest absolute Gasteiger partial charge is 0.593 e. The van der Waals surface area contributed by atoms with Gasteiger partial charge in [0, 0.05) is 0 Å². The normalized spacial score (nSPS) is 57.4. The van der Waals surface area contributed by atoms with E-state index >= 15 is 0 Å². The van der Waals surface area contributed by atoms with Gasteiger partial charge >= 0.3 is 13.4 Å². The Bertz CT molecular complexity index is 590. The highest BCUT2D eigenvalue weighted by Gasteiger charge is 2.84. The fourth-order valence-corrected chi connectivity index (χ4v) is 4.43. The maximum absolute atomic E-state index is 11.6. The second kappa shape index (κ2) is 7.12. The Morgan fingerprint density at radius 2 is 1.26 bits per heavy atom. The first-order valence-electron chi connectivity index (χ1n) is 7.60. The van der Waals surface area contributed by atoms with Gasteiger partial charge in [0.05, 0.1) is 6.61 Å². The molecule has 2 rings (SSSR count). The second-order valence-electron chi connectivity index (χ2n) is 6.58. The van der Waals surface area contributed by atoms with Gasteiger partial charge in [-0.15, -0.1) is 0 Å². The zero-order chi connectivity index (χ0) is 21.1. The van der Waals surface area contributed by atoms with E-state index < -0.39 is 80.2 Å². The van der Waals surface area contributed by atoms with Gasteiger partial charge in [-0.3, -0.25) is 0 Å². The van der Waals surface area contributed by atoms with E-state index in [1.807, 2.05) is 0 Å². The average molecular weight is 420 g/mol. The lowest BCUT2D eigenvalue weighted by Gasteiger charge is -2.59. The van der Waals surface area contributed by atoms with Gasteiger partial charge in [0.2, 0.25) is 11.4 Å². The van der Waals surface area contributed by atoms with Crippen LogP contribution in [0, 0.1) is 0 Å². The summed E-state index contributed by atoms with van der Waals surface area (Å²) in [7, 11) is -4.45. The molecule has 0 bridgehead atoms. The summed E-state index contributed by atoms with van der Waals surface area (Å²) >= 11 is 0. The Morgan fingerprint density at radius 1 is 0.815 bits per heavy atom. The molecule has 2 aliphatic rings. The summed E-state index contributed by atoms with van der Waals surface area (Å²) in [5.74, 6) is -3.87. The molecule has 0 aromatic rings. The molecule has 0 aromatic heterocycles. The fraction of sp³-hybridized carbons (Fsp3) is 1.00. The van der Waals surface area contributed by atoms with Crippen LogP contribution in [0.1, 0.15) is 0 Å². The summed E-state index contributed by atoms with van der Waals surface area (Å²) in [5, 5.41) is 106. The van der Waals surface area contributed by atoms with Crippen molar-refractivity contribution in [3.05, 3.63) is 0 Å². The van der Waals surface area contributed by atoms with Crippen molar-refractivity contribution in [3.63, 3.8) is 0 Å². The summed E-state index contributed by atoms with van der Waals surface area (Å²) in [6, 6.07) is 0. The maximum atomic E-state index is 11.6. The number of ether oxygens (including phenoxy) is 1. The Morgan fingerprint density at radius 3 is 1.70 bits per heavy atom. The Kier molecular flexibility index (Phi) is 6.03. The van der Waals surface area contributed by atoms with Crippen LogP contribution >= 0.6 is 8.03 Å². The van der Waals surface area contributed by atoms with Gasteiger partial charge in [-0.05, 0) is 0 Å². The van der Waals surface area contributed by atoms with Crippen molar-refractivity contribution in [2.24, 2.45) is 0 Å². The summed E-state index contributed by atoms with van der Waals surface area (Å²) in [6.07, 6.45) is -20.3. The van der Waals surface area contributed by atoms with Crippen LogP contribution in [0.25, 0.3) is 0 Å². The van der Waals surface area contributed by atoms with E-state index in [9.17, 15) is 65.6 Å². The molecule has 14 nitrogen and oxygen atoms in total. The molecule has 1 aliphatic heterocycles. The van der Waals surface area contributed by atoms with E-state index in [1.54, 1.807) is 0 Å². The minimum atomic E-state index is -4.45. The monoisotopic (exact) mass is 420 g/mol. The summed E-state index contributed by atoms with van der Waals surface area (Å²) in [4.78, 5) is 11.6. The minimum absolute atomic E-state index is 1.16. The van der Waals surface area contributed by atoms with E-state index in [0.717, 1.165) is 0 Å². The average Bonchev–Trinajstić information content (AvgIpc) is 2.63. The van der Waals surface area contributed by atoms with E-state index in [2.05, 4.69) is 0 Å². The third-order valence-electron chi connectivity index (χ3n) is 5.19. The van der Waals surface area contributed by atoms with E-state index in [0.29, 0.717) is 0 Å². The van der Waals surface area contributed by atoms with Crippen molar-refractivity contribution in [2.45, 2.75) is 65.6 Å². The van der Waals surface area contributed by atoms with Gasteiger partial charge in [0.15, 0.2) is 6.10 Å². The predicted octanol–water partition coefficient (Wildman–Crippen LogP) is -7.87. The molecule has 1 saturated carbocycles. The summed E-state index contributed by atoms with van der Waals surface area (Å²) in [5.41, 5.74) is -4.08. The van der Waals surface area contributed by atoms with Crippen LogP contribution in [0.5, 0.6) is 0 Å². The molecule has 0 aromatic carbocycles. The van der Waals surface area contributed by atoms with Crippen molar-refractivity contribution < 1.29 is 70.4 Å². The zero-order valence-electron chi connectivity index (χ0n) is 13.4. The molecule has 15 heteroatoms. The smallest absolute Gasteiger partial charge is 0.351 e. The molecule has 158 valence electrons. The number of hydrogen-bond donors (Lipinski definition) is 11. The molecule has 2 fully saturated rings. The molecule has 1 unspecified atom stereocenters. The van der Waals surface area contributed by atoms with Crippen LogP contribution in [0.4, 0.5) is 0 Å². The highest BCUT2D eigenvalue weighted by molar-refractivity contribution is 7.38. The Balaban J connectivity index is 2.74. The van der Waals surface area contributed by atoms with Gasteiger partial charge in [-0.25, -0.2) is 0 Å². The fourth-order valence-electron chi connectivity index (χ4n) is 3.49. The molecule has 1 saturated heterocycles. The lowest BCUT2D eigenvalue weighted by molar-refractivity contribution is -0.449. The standard InChI is InChI=1S/C12H21O14P/c13-1-2-3(14)4(15)8(19)11(22,26-2)10(21)7(18)5(16)6(17)9(20)12(10,23)27(24)25/h2-9,13-23H,1H2/t2-,3-,4+,5-,6-,7+,8+,9-,10-,11+,12-/m1/s1. The Hall–Kier alpha value is -0.420. The number of hydrogen-bond acceptors (Lipinski definition) is 14. The third-order valence-corrected chi connectivity index (χ3v) is 6.35. The first kappa shape index (κ1) is 22.9. The first-order chi connectivity index (χ1) is 12.2. The predicted molar refractivity (Wildman–Crippen MR) is 76.5 cm³/mol. The molecule has 12 atom stereocenters. The van der Waals surface area contributed by atoms with Crippen molar-refractivity contribution in [3.8, 4) is 0 Å². The molecule has 11 N–H and O–H groups in total. The molecule has 1 heterocycles. The lowest BCUT2D eigenvalue weighted by Crippen LogP contribution is -2.88. The summed E-state index contributed by atoms with van der Waals surface area (Å²) < 4.78 is 16.4. The highest BCUT2D eigenvalue weighted by Crippen LogP contribution is 2.55. The quantitative estimate of drug-likeness (QED) is 0.189. The van der Waals surface area contributed by atoms with Gasteiger partial charge < -0.3 is 65.8 Å². The minimum Gasteiger partial charge on any atom is -0.593 e.